The van der Waals surface area contributed by atoms with E-state index in [-0.39, 0.29) is 11.9 Å². The van der Waals surface area contributed by atoms with Gasteiger partial charge in [0.25, 0.3) is 0 Å². The van der Waals surface area contributed by atoms with Crippen LogP contribution in [0.3, 0.4) is 0 Å². The molecule has 0 amide bonds. The number of hydrogen-bond donors (Lipinski definition) is 1. The second-order valence-corrected chi connectivity index (χ2v) is 4.75. The molecule has 2 nitrogen and oxygen atoms in total. The lowest BCUT2D eigenvalue weighted by molar-refractivity contribution is 0.162. The third-order valence-electron chi connectivity index (χ3n) is 2.86. The van der Waals surface area contributed by atoms with Crippen LogP contribution in [0.25, 0.3) is 0 Å². The van der Waals surface area contributed by atoms with Crippen LogP contribution in [0.4, 0.5) is 4.39 Å². The van der Waals surface area contributed by atoms with Crippen LogP contribution < -0.4 is 5.32 Å². The average Bonchev–Trinajstić information content (AvgIpc) is 2.35. The zero-order chi connectivity index (χ0) is 13.4. The van der Waals surface area contributed by atoms with E-state index in [2.05, 4.69) is 12.2 Å². The zero-order valence-electron chi connectivity index (χ0n) is 11.0. The van der Waals surface area contributed by atoms with E-state index in [0.29, 0.717) is 23.6 Å². The van der Waals surface area contributed by atoms with E-state index in [9.17, 15) is 4.39 Å². The first-order chi connectivity index (χ1) is 8.69. The zero-order valence-corrected chi connectivity index (χ0v) is 11.8. The molecule has 0 heterocycles. The molecule has 1 atom stereocenters. The van der Waals surface area contributed by atoms with Gasteiger partial charge in [0.1, 0.15) is 5.82 Å². The van der Waals surface area contributed by atoms with Crippen molar-refractivity contribution in [1.82, 2.24) is 5.32 Å². The fraction of sp³-hybridized carbons (Fsp3) is 0.571. The Morgan fingerprint density at radius 1 is 1.44 bits per heavy atom. The molecule has 0 aliphatic carbocycles. The molecule has 18 heavy (non-hydrogen) atoms. The molecular formula is C14H21ClFNO. The first kappa shape index (κ1) is 15.4. The Morgan fingerprint density at radius 2 is 2.22 bits per heavy atom. The summed E-state index contributed by atoms with van der Waals surface area (Å²) in [6.45, 7) is 3.69. The van der Waals surface area contributed by atoms with Gasteiger partial charge in [0.15, 0.2) is 0 Å². The summed E-state index contributed by atoms with van der Waals surface area (Å²) >= 11 is 6.00. The van der Waals surface area contributed by atoms with Gasteiger partial charge in [-0.3, -0.25) is 0 Å². The van der Waals surface area contributed by atoms with Gasteiger partial charge in [0.2, 0.25) is 0 Å². The van der Waals surface area contributed by atoms with Gasteiger partial charge in [-0.1, -0.05) is 24.6 Å². The van der Waals surface area contributed by atoms with Crippen LogP contribution in [0.2, 0.25) is 5.02 Å². The molecule has 0 aromatic heterocycles. The van der Waals surface area contributed by atoms with Crippen LogP contribution in [0.5, 0.6) is 0 Å². The molecule has 1 unspecified atom stereocenters. The van der Waals surface area contributed by atoms with Crippen molar-refractivity contribution in [3.05, 3.63) is 34.6 Å². The van der Waals surface area contributed by atoms with Gasteiger partial charge in [0.05, 0.1) is 6.61 Å². The summed E-state index contributed by atoms with van der Waals surface area (Å²) in [6.07, 6.45) is 2.51. The van der Waals surface area contributed by atoms with Crippen molar-refractivity contribution < 1.29 is 9.13 Å². The minimum absolute atomic E-state index is 0.228. The first-order valence-electron chi connectivity index (χ1n) is 6.34. The van der Waals surface area contributed by atoms with Crippen molar-refractivity contribution in [1.29, 1.82) is 0 Å². The van der Waals surface area contributed by atoms with E-state index in [4.69, 9.17) is 16.3 Å². The topological polar surface area (TPSA) is 21.3 Å². The fourth-order valence-electron chi connectivity index (χ4n) is 1.88. The number of nitrogens with one attached hydrogen (secondary N) is 1. The first-order valence-corrected chi connectivity index (χ1v) is 6.72. The van der Waals surface area contributed by atoms with Crippen molar-refractivity contribution in [2.75, 3.05) is 20.3 Å². The van der Waals surface area contributed by atoms with E-state index in [1.54, 1.807) is 19.2 Å². The largest absolute Gasteiger partial charge is 0.383 e. The number of ether oxygens (including phenoxy) is 1. The number of methoxy groups -OCH3 is 1. The molecule has 0 radical (unpaired) electrons. The van der Waals surface area contributed by atoms with Gasteiger partial charge in [-0.25, -0.2) is 4.39 Å². The van der Waals surface area contributed by atoms with E-state index in [0.717, 1.165) is 19.4 Å². The lowest BCUT2D eigenvalue weighted by Crippen LogP contribution is -2.34. The van der Waals surface area contributed by atoms with Gasteiger partial charge in [-0.15, -0.1) is 0 Å². The summed E-state index contributed by atoms with van der Waals surface area (Å²) in [4.78, 5) is 0. The van der Waals surface area contributed by atoms with Crippen LogP contribution in [-0.4, -0.2) is 26.3 Å². The maximum atomic E-state index is 13.6. The Labute approximate surface area is 113 Å². The minimum atomic E-state index is -0.228. The van der Waals surface area contributed by atoms with Crippen molar-refractivity contribution in [2.24, 2.45) is 0 Å². The predicted molar refractivity (Wildman–Crippen MR) is 73.7 cm³/mol. The highest BCUT2D eigenvalue weighted by Gasteiger charge is 2.11. The molecule has 1 aromatic carbocycles. The molecule has 0 spiro atoms. The maximum absolute atomic E-state index is 13.6. The van der Waals surface area contributed by atoms with Crippen molar-refractivity contribution >= 4 is 11.6 Å². The van der Waals surface area contributed by atoms with Gasteiger partial charge in [-0.05, 0) is 37.9 Å². The summed E-state index contributed by atoms with van der Waals surface area (Å²) in [7, 11) is 1.68. The number of halogens is 2. The third kappa shape index (κ3) is 4.92. The Hall–Kier alpha value is -0.640. The Morgan fingerprint density at radius 3 is 2.83 bits per heavy atom. The molecule has 1 aromatic rings. The van der Waals surface area contributed by atoms with Crippen molar-refractivity contribution in [2.45, 2.75) is 32.2 Å². The molecule has 0 saturated heterocycles. The Kier molecular flexibility index (Phi) is 7.25. The van der Waals surface area contributed by atoms with E-state index >= 15 is 0 Å². The summed E-state index contributed by atoms with van der Waals surface area (Å²) < 4.78 is 18.8. The molecule has 4 heteroatoms. The van der Waals surface area contributed by atoms with E-state index < -0.39 is 0 Å². The third-order valence-corrected chi connectivity index (χ3v) is 3.21. The van der Waals surface area contributed by atoms with Crippen LogP contribution >= 0.6 is 11.6 Å². The lowest BCUT2D eigenvalue weighted by Gasteiger charge is -2.18. The minimum Gasteiger partial charge on any atom is -0.383 e. The van der Waals surface area contributed by atoms with Gasteiger partial charge >= 0.3 is 0 Å². The maximum Gasteiger partial charge on any atom is 0.127 e. The van der Waals surface area contributed by atoms with E-state index in [1.165, 1.54) is 6.07 Å². The van der Waals surface area contributed by atoms with Gasteiger partial charge < -0.3 is 10.1 Å². The Balaban J connectivity index is 2.55. The highest BCUT2D eigenvalue weighted by Crippen LogP contribution is 2.21. The van der Waals surface area contributed by atoms with Crippen molar-refractivity contribution in [3.8, 4) is 0 Å². The normalized spacial score (nSPS) is 12.7. The van der Waals surface area contributed by atoms with E-state index in [1.807, 2.05) is 0 Å². The molecule has 102 valence electrons. The Bertz CT molecular complexity index is 339. The number of benzene rings is 1. The van der Waals surface area contributed by atoms with Crippen LogP contribution in [-0.2, 0) is 11.2 Å². The smallest absolute Gasteiger partial charge is 0.127 e. The number of rotatable bonds is 8. The monoisotopic (exact) mass is 273 g/mol. The SMILES string of the molecule is CCCNC(CCc1c(F)cccc1Cl)COC. The predicted octanol–water partition coefficient (Wildman–Crippen LogP) is 3.43. The lowest BCUT2D eigenvalue weighted by atomic mass is 10.0. The highest BCUT2D eigenvalue weighted by atomic mass is 35.5. The molecule has 0 saturated carbocycles. The number of hydrogen-bond acceptors (Lipinski definition) is 2. The summed E-state index contributed by atoms with van der Waals surface area (Å²) in [5, 5.41) is 3.89. The van der Waals surface area contributed by atoms with Crippen LogP contribution in [0.15, 0.2) is 18.2 Å². The van der Waals surface area contributed by atoms with Crippen molar-refractivity contribution in [3.63, 3.8) is 0 Å². The molecule has 1 rings (SSSR count). The standard InChI is InChI=1S/C14H21ClFNO/c1-3-9-17-11(10-18-2)7-8-12-13(15)5-4-6-14(12)16/h4-6,11,17H,3,7-10H2,1-2H3. The second-order valence-electron chi connectivity index (χ2n) is 4.35. The summed E-state index contributed by atoms with van der Waals surface area (Å²) in [5.74, 6) is -0.228. The fourth-order valence-corrected chi connectivity index (χ4v) is 2.14. The molecular weight excluding hydrogens is 253 g/mol. The molecule has 0 aliphatic rings. The summed E-state index contributed by atoms with van der Waals surface area (Å²) in [5.41, 5.74) is 0.596. The van der Waals surface area contributed by atoms with Crippen LogP contribution in [0, 0.1) is 5.82 Å². The average molecular weight is 274 g/mol. The summed E-state index contributed by atoms with van der Waals surface area (Å²) in [6, 6.07) is 5.05. The second kappa shape index (κ2) is 8.46. The molecule has 1 N–H and O–H groups in total. The molecule has 0 bridgehead atoms. The highest BCUT2D eigenvalue weighted by molar-refractivity contribution is 6.31. The van der Waals surface area contributed by atoms with Gasteiger partial charge in [-0.2, -0.15) is 0 Å². The van der Waals surface area contributed by atoms with Gasteiger partial charge in [0, 0.05) is 23.7 Å². The quantitative estimate of drug-likeness (QED) is 0.784. The van der Waals surface area contributed by atoms with Crippen LogP contribution in [0.1, 0.15) is 25.3 Å². The molecule has 0 aliphatic heterocycles. The molecule has 0 fully saturated rings.